The first-order valence-corrected chi connectivity index (χ1v) is 5.66. The number of aryl methyl sites for hydroxylation is 1. The summed E-state index contributed by atoms with van der Waals surface area (Å²) < 4.78 is 0. The van der Waals surface area contributed by atoms with Gasteiger partial charge in [-0.1, -0.05) is 19.1 Å². The standard InChI is InChI=1S/C12H14N2O5/c1-3-9(12(16)17)13-11(15)8-6-4-5-7(2)10(8)14(18)19/h4-6,9H,3H2,1-2H3,(H,13,15)(H,16,17)/t9-/m1/s1. The molecule has 0 aliphatic carbocycles. The van der Waals surface area contributed by atoms with Crippen molar-refractivity contribution >= 4 is 17.6 Å². The molecule has 0 radical (unpaired) electrons. The highest BCUT2D eigenvalue weighted by Crippen LogP contribution is 2.23. The zero-order valence-electron chi connectivity index (χ0n) is 10.5. The molecule has 0 spiro atoms. The van der Waals surface area contributed by atoms with Gasteiger partial charge in [0.15, 0.2) is 0 Å². The van der Waals surface area contributed by atoms with E-state index in [1.54, 1.807) is 6.92 Å². The van der Waals surface area contributed by atoms with E-state index >= 15 is 0 Å². The topological polar surface area (TPSA) is 110 Å². The largest absolute Gasteiger partial charge is 0.480 e. The number of aliphatic carboxylic acids is 1. The van der Waals surface area contributed by atoms with Crippen LogP contribution in [0.3, 0.4) is 0 Å². The Morgan fingerprint density at radius 2 is 2.11 bits per heavy atom. The summed E-state index contributed by atoms with van der Waals surface area (Å²) in [5.74, 6) is -1.93. The van der Waals surface area contributed by atoms with Crippen LogP contribution in [-0.4, -0.2) is 27.9 Å². The fraction of sp³-hybridized carbons (Fsp3) is 0.333. The molecule has 2 N–H and O–H groups in total. The smallest absolute Gasteiger partial charge is 0.326 e. The lowest BCUT2D eigenvalue weighted by Gasteiger charge is -2.12. The molecular formula is C12H14N2O5. The van der Waals surface area contributed by atoms with Gasteiger partial charge in [0.2, 0.25) is 0 Å². The SMILES string of the molecule is CC[C@@H](NC(=O)c1cccc(C)c1[N+](=O)[O-])C(=O)O. The van der Waals surface area contributed by atoms with Gasteiger partial charge in [-0.2, -0.15) is 0 Å². The predicted molar refractivity (Wildman–Crippen MR) is 67.0 cm³/mol. The second-order valence-electron chi connectivity index (χ2n) is 4.00. The Morgan fingerprint density at radius 3 is 2.58 bits per heavy atom. The number of carboxylic acid groups (broad SMARTS) is 1. The second kappa shape index (κ2) is 5.94. The third-order valence-corrected chi connectivity index (χ3v) is 2.68. The number of rotatable bonds is 5. The van der Waals surface area contributed by atoms with Crippen molar-refractivity contribution in [3.8, 4) is 0 Å². The number of carbonyl (C=O) groups excluding carboxylic acids is 1. The summed E-state index contributed by atoms with van der Waals surface area (Å²) in [4.78, 5) is 33.1. The molecule has 0 aliphatic heterocycles. The summed E-state index contributed by atoms with van der Waals surface area (Å²) in [7, 11) is 0. The highest BCUT2D eigenvalue weighted by Gasteiger charge is 2.25. The average molecular weight is 266 g/mol. The minimum Gasteiger partial charge on any atom is -0.480 e. The summed E-state index contributed by atoms with van der Waals surface area (Å²) in [5.41, 5.74) is -0.0917. The van der Waals surface area contributed by atoms with E-state index in [-0.39, 0.29) is 17.7 Å². The first-order valence-electron chi connectivity index (χ1n) is 5.66. The quantitative estimate of drug-likeness (QED) is 0.619. The van der Waals surface area contributed by atoms with Crippen molar-refractivity contribution in [2.75, 3.05) is 0 Å². The van der Waals surface area contributed by atoms with Gasteiger partial charge in [-0.3, -0.25) is 14.9 Å². The van der Waals surface area contributed by atoms with Gasteiger partial charge in [-0.05, 0) is 19.4 Å². The molecule has 1 atom stereocenters. The number of nitrogens with one attached hydrogen (secondary N) is 1. The van der Waals surface area contributed by atoms with E-state index in [1.807, 2.05) is 0 Å². The number of amides is 1. The van der Waals surface area contributed by atoms with Gasteiger partial charge in [0.05, 0.1) is 4.92 Å². The van der Waals surface area contributed by atoms with Crippen molar-refractivity contribution in [2.45, 2.75) is 26.3 Å². The molecule has 0 saturated carbocycles. The van der Waals surface area contributed by atoms with E-state index in [9.17, 15) is 19.7 Å². The summed E-state index contributed by atoms with van der Waals surface area (Å²) in [6.45, 7) is 3.12. The molecule has 0 aliphatic rings. The first-order chi connectivity index (χ1) is 8.88. The average Bonchev–Trinajstić information content (AvgIpc) is 2.34. The molecule has 0 bridgehead atoms. The summed E-state index contributed by atoms with van der Waals surface area (Å²) in [6.07, 6.45) is 0.195. The Kier molecular flexibility index (Phi) is 4.57. The van der Waals surface area contributed by atoms with Crippen LogP contribution in [0.25, 0.3) is 0 Å². The number of carboxylic acids is 1. The number of nitrogens with zero attached hydrogens (tertiary/aromatic N) is 1. The minimum absolute atomic E-state index is 0.135. The van der Waals surface area contributed by atoms with Gasteiger partial charge >= 0.3 is 5.97 Å². The molecule has 0 fully saturated rings. The molecule has 7 nitrogen and oxygen atoms in total. The molecular weight excluding hydrogens is 252 g/mol. The molecule has 7 heteroatoms. The summed E-state index contributed by atoms with van der Waals surface area (Å²) in [6, 6.07) is 3.27. The van der Waals surface area contributed by atoms with E-state index < -0.39 is 22.8 Å². The van der Waals surface area contributed by atoms with Crippen LogP contribution in [0.4, 0.5) is 5.69 Å². The zero-order valence-corrected chi connectivity index (χ0v) is 10.5. The lowest BCUT2D eigenvalue weighted by atomic mass is 10.1. The van der Waals surface area contributed by atoms with Crippen molar-refractivity contribution < 1.29 is 19.6 Å². The Morgan fingerprint density at radius 1 is 1.47 bits per heavy atom. The minimum atomic E-state index is -1.17. The Bertz CT molecular complexity index is 527. The summed E-state index contributed by atoms with van der Waals surface area (Å²) in [5, 5.41) is 22.1. The number of hydrogen-bond donors (Lipinski definition) is 2. The summed E-state index contributed by atoms with van der Waals surface area (Å²) >= 11 is 0. The molecule has 1 amide bonds. The molecule has 0 unspecified atom stereocenters. The highest BCUT2D eigenvalue weighted by molar-refractivity contribution is 6.00. The molecule has 0 heterocycles. The van der Waals surface area contributed by atoms with Crippen LogP contribution in [0.15, 0.2) is 18.2 Å². The lowest BCUT2D eigenvalue weighted by Crippen LogP contribution is -2.40. The van der Waals surface area contributed by atoms with E-state index in [0.29, 0.717) is 5.56 Å². The van der Waals surface area contributed by atoms with Gasteiger partial charge in [0.25, 0.3) is 11.6 Å². The number of carbonyl (C=O) groups is 2. The van der Waals surface area contributed by atoms with Crippen molar-refractivity contribution in [3.63, 3.8) is 0 Å². The third kappa shape index (κ3) is 3.27. The van der Waals surface area contributed by atoms with E-state index in [4.69, 9.17) is 5.11 Å². The highest BCUT2D eigenvalue weighted by atomic mass is 16.6. The van der Waals surface area contributed by atoms with E-state index in [0.717, 1.165) is 0 Å². The Hall–Kier alpha value is -2.44. The van der Waals surface area contributed by atoms with Crippen LogP contribution in [-0.2, 0) is 4.79 Å². The monoisotopic (exact) mass is 266 g/mol. The predicted octanol–water partition coefficient (Wildman–Crippen LogP) is 1.50. The molecule has 1 aromatic rings. The van der Waals surface area contributed by atoms with Crippen LogP contribution in [0, 0.1) is 17.0 Å². The van der Waals surface area contributed by atoms with Crippen LogP contribution in [0.1, 0.15) is 29.3 Å². The van der Waals surface area contributed by atoms with Gasteiger partial charge in [0, 0.05) is 5.56 Å². The van der Waals surface area contributed by atoms with Crippen LogP contribution in [0.5, 0.6) is 0 Å². The number of nitro benzene ring substituents is 1. The van der Waals surface area contributed by atoms with Crippen LogP contribution in [0.2, 0.25) is 0 Å². The zero-order chi connectivity index (χ0) is 14.6. The number of hydrogen-bond acceptors (Lipinski definition) is 4. The van der Waals surface area contributed by atoms with Crippen molar-refractivity contribution in [1.82, 2.24) is 5.32 Å². The third-order valence-electron chi connectivity index (χ3n) is 2.68. The van der Waals surface area contributed by atoms with Crippen molar-refractivity contribution in [2.24, 2.45) is 0 Å². The molecule has 19 heavy (non-hydrogen) atoms. The van der Waals surface area contributed by atoms with E-state index in [1.165, 1.54) is 25.1 Å². The van der Waals surface area contributed by atoms with Gasteiger partial charge in [-0.25, -0.2) is 4.79 Å². The number of para-hydroxylation sites is 1. The first kappa shape index (κ1) is 14.6. The normalized spacial score (nSPS) is 11.7. The van der Waals surface area contributed by atoms with Crippen LogP contribution < -0.4 is 5.32 Å². The van der Waals surface area contributed by atoms with Gasteiger partial charge in [-0.15, -0.1) is 0 Å². The lowest BCUT2D eigenvalue weighted by molar-refractivity contribution is -0.385. The fourth-order valence-electron chi connectivity index (χ4n) is 1.66. The maximum absolute atomic E-state index is 11.9. The molecule has 102 valence electrons. The molecule has 0 aromatic heterocycles. The van der Waals surface area contributed by atoms with Crippen molar-refractivity contribution in [3.05, 3.63) is 39.4 Å². The molecule has 1 rings (SSSR count). The second-order valence-corrected chi connectivity index (χ2v) is 4.00. The van der Waals surface area contributed by atoms with Crippen molar-refractivity contribution in [1.29, 1.82) is 0 Å². The number of benzene rings is 1. The fourth-order valence-corrected chi connectivity index (χ4v) is 1.66. The maximum Gasteiger partial charge on any atom is 0.326 e. The van der Waals surface area contributed by atoms with E-state index in [2.05, 4.69) is 5.32 Å². The maximum atomic E-state index is 11.9. The van der Waals surface area contributed by atoms with Gasteiger partial charge in [0.1, 0.15) is 11.6 Å². The number of nitro groups is 1. The van der Waals surface area contributed by atoms with Gasteiger partial charge < -0.3 is 10.4 Å². The Labute approximate surface area is 109 Å². The molecule has 1 aromatic carbocycles. The van der Waals surface area contributed by atoms with Crippen LogP contribution >= 0.6 is 0 Å². The molecule has 0 saturated heterocycles. The Balaban J connectivity index is 3.10.